The van der Waals surface area contributed by atoms with Crippen LogP contribution in [0, 0.1) is 5.92 Å². The van der Waals surface area contributed by atoms with E-state index in [1.54, 1.807) is 24.3 Å². The minimum atomic E-state index is -4.16. The maximum atomic E-state index is 12.1. The first-order valence-electron chi connectivity index (χ1n) is 5.07. The van der Waals surface area contributed by atoms with Gasteiger partial charge in [0.05, 0.1) is 5.60 Å². The van der Waals surface area contributed by atoms with Crippen LogP contribution in [-0.4, -0.2) is 11.3 Å². The van der Waals surface area contributed by atoms with Gasteiger partial charge in [-0.3, -0.25) is 0 Å². The van der Waals surface area contributed by atoms with Gasteiger partial charge in [-0.15, -0.1) is 0 Å². The molecule has 0 bridgehead atoms. The van der Waals surface area contributed by atoms with Gasteiger partial charge in [0.25, 0.3) is 0 Å². The summed E-state index contributed by atoms with van der Waals surface area (Å²) in [5, 5.41) is 10.1. The highest BCUT2D eigenvalue weighted by atomic mass is 19.4. The first-order chi connectivity index (χ1) is 7.39. The van der Waals surface area contributed by atoms with E-state index < -0.39 is 18.2 Å². The van der Waals surface area contributed by atoms with Gasteiger partial charge in [-0.2, -0.15) is 13.2 Å². The highest BCUT2D eigenvalue weighted by Gasteiger charge is 2.48. The fourth-order valence-corrected chi connectivity index (χ4v) is 2.14. The fraction of sp³-hybridized carbons (Fsp3) is 0.417. The van der Waals surface area contributed by atoms with Gasteiger partial charge >= 0.3 is 6.18 Å². The highest BCUT2D eigenvalue weighted by Crippen LogP contribution is 2.50. The van der Waals surface area contributed by atoms with Gasteiger partial charge < -0.3 is 5.11 Å². The predicted octanol–water partition coefficient (Wildman–Crippen LogP) is 3.19. The summed E-state index contributed by atoms with van der Waals surface area (Å²) >= 11 is 0. The lowest BCUT2D eigenvalue weighted by Gasteiger charge is -2.44. The molecule has 0 aromatic heterocycles. The molecule has 1 saturated carbocycles. The van der Waals surface area contributed by atoms with Crippen molar-refractivity contribution in [1.82, 2.24) is 0 Å². The summed E-state index contributed by atoms with van der Waals surface area (Å²) in [6.07, 6.45) is -4.79. The van der Waals surface area contributed by atoms with E-state index in [0.717, 1.165) is 0 Å². The largest absolute Gasteiger partial charge is 0.389 e. The summed E-state index contributed by atoms with van der Waals surface area (Å²) in [6, 6.07) is 8.84. The highest BCUT2D eigenvalue weighted by molar-refractivity contribution is 5.30. The van der Waals surface area contributed by atoms with Crippen LogP contribution in [0.1, 0.15) is 24.8 Å². The standard InChI is InChI=1S/C12H12F3O/c13-12(14,15)8-9-6-11(16,7-9)10-4-2-1-3-5-10/h1-5,16H,6-8H2. The molecule has 1 aliphatic rings. The molecule has 16 heavy (non-hydrogen) atoms. The van der Waals surface area contributed by atoms with Crippen molar-refractivity contribution in [3.8, 4) is 0 Å². The molecule has 0 atom stereocenters. The van der Waals surface area contributed by atoms with Crippen LogP contribution in [0.25, 0.3) is 0 Å². The Morgan fingerprint density at radius 2 is 1.69 bits per heavy atom. The second kappa shape index (κ2) is 3.77. The summed E-state index contributed by atoms with van der Waals surface area (Å²) < 4.78 is 36.2. The normalized spacial score (nSPS) is 20.5. The monoisotopic (exact) mass is 229 g/mol. The Hall–Kier alpha value is -1.03. The Morgan fingerprint density at radius 3 is 2.19 bits per heavy atom. The Kier molecular flexibility index (Phi) is 2.70. The zero-order valence-electron chi connectivity index (χ0n) is 8.59. The molecule has 0 unspecified atom stereocenters. The van der Waals surface area contributed by atoms with Gasteiger partial charge in [0.15, 0.2) is 0 Å². The molecule has 0 heterocycles. The lowest BCUT2D eigenvalue weighted by Crippen LogP contribution is -2.41. The molecule has 0 amide bonds. The number of hydrogen-bond donors (Lipinski definition) is 1. The molecule has 1 nitrogen and oxygen atoms in total. The van der Waals surface area contributed by atoms with Gasteiger partial charge in [0.1, 0.15) is 0 Å². The van der Waals surface area contributed by atoms with Crippen LogP contribution in [0.2, 0.25) is 0 Å². The van der Waals surface area contributed by atoms with E-state index in [0.29, 0.717) is 11.5 Å². The third-order valence-corrected chi connectivity index (χ3v) is 2.85. The lowest BCUT2D eigenvalue weighted by molar-refractivity contribution is -0.143. The number of rotatable bonds is 2. The maximum Gasteiger partial charge on any atom is 0.389 e. The molecule has 1 aromatic carbocycles. The average molecular weight is 229 g/mol. The van der Waals surface area contributed by atoms with Crippen molar-refractivity contribution in [3.63, 3.8) is 0 Å². The van der Waals surface area contributed by atoms with Gasteiger partial charge in [0.2, 0.25) is 0 Å². The Morgan fingerprint density at radius 1 is 1.12 bits per heavy atom. The summed E-state index contributed by atoms with van der Waals surface area (Å²) in [5.74, 6) is 0.374. The van der Waals surface area contributed by atoms with E-state index in [2.05, 4.69) is 0 Å². The van der Waals surface area contributed by atoms with Gasteiger partial charge in [-0.25, -0.2) is 0 Å². The molecular weight excluding hydrogens is 217 g/mol. The first kappa shape index (κ1) is 11.5. The molecule has 1 fully saturated rings. The number of alkyl halides is 3. The van der Waals surface area contributed by atoms with Crippen LogP contribution in [0.3, 0.4) is 0 Å². The quantitative estimate of drug-likeness (QED) is 0.825. The van der Waals surface area contributed by atoms with Crippen molar-refractivity contribution in [3.05, 3.63) is 41.8 Å². The lowest BCUT2D eigenvalue weighted by atomic mass is 9.66. The van der Waals surface area contributed by atoms with Gasteiger partial charge in [0, 0.05) is 6.42 Å². The minimum Gasteiger partial charge on any atom is -0.385 e. The Balaban J connectivity index is 1.96. The molecule has 1 aromatic rings. The van der Waals surface area contributed by atoms with Crippen LogP contribution in [0.5, 0.6) is 0 Å². The number of benzene rings is 1. The third kappa shape index (κ3) is 2.38. The van der Waals surface area contributed by atoms with Crippen LogP contribution in [-0.2, 0) is 5.60 Å². The van der Waals surface area contributed by atoms with Crippen molar-refractivity contribution in [2.75, 3.05) is 0 Å². The molecule has 4 heteroatoms. The molecular formula is C12H12F3O. The molecule has 0 aliphatic heterocycles. The fourth-order valence-electron chi connectivity index (χ4n) is 2.14. The zero-order chi connectivity index (χ0) is 11.8. The average Bonchev–Trinajstić information content (AvgIpc) is 2.14. The zero-order valence-corrected chi connectivity index (χ0v) is 8.59. The smallest absolute Gasteiger partial charge is 0.385 e. The first-order valence-corrected chi connectivity index (χ1v) is 5.07. The topological polar surface area (TPSA) is 20.2 Å². The van der Waals surface area contributed by atoms with Crippen LogP contribution in [0.4, 0.5) is 13.2 Å². The summed E-state index contributed by atoms with van der Waals surface area (Å²) in [5.41, 5.74) is -0.386. The van der Waals surface area contributed by atoms with Crippen molar-refractivity contribution in [1.29, 1.82) is 0 Å². The van der Waals surface area contributed by atoms with Crippen LogP contribution in [0.15, 0.2) is 30.3 Å². The SMILES string of the molecule is OC1(c2ccccc2)C[C](CC(F)(F)F)C1. The molecule has 0 saturated heterocycles. The van der Waals surface area contributed by atoms with E-state index >= 15 is 0 Å². The second-order valence-corrected chi connectivity index (χ2v) is 4.29. The second-order valence-electron chi connectivity index (χ2n) is 4.29. The van der Waals surface area contributed by atoms with E-state index in [4.69, 9.17) is 0 Å². The molecule has 1 radical (unpaired) electrons. The Bertz CT molecular complexity index is 352. The van der Waals surface area contributed by atoms with Crippen molar-refractivity contribution < 1.29 is 18.3 Å². The van der Waals surface area contributed by atoms with Crippen LogP contribution >= 0.6 is 0 Å². The van der Waals surface area contributed by atoms with Gasteiger partial charge in [-0.05, 0) is 24.3 Å². The molecule has 1 N–H and O–H groups in total. The Labute approximate surface area is 91.9 Å². The summed E-state index contributed by atoms with van der Waals surface area (Å²) in [7, 11) is 0. The predicted molar refractivity (Wildman–Crippen MR) is 53.5 cm³/mol. The number of hydrogen-bond acceptors (Lipinski definition) is 1. The minimum absolute atomic E-state index is 0.122. The molecule has 87 valence electrons. The summed E-state index contributed by atoms with van der Waals surface area (Å²) in [4.78, 5) is 0. The molecule has 0 spiro atoms. The van der Waals surface area contributed by atoms with Crippen molar-refractivity contribution in [2.24, 2.45) is 0 Å². The van der Waals surface area contributed by atoms with E-state index in [9.17, 15) is 18.3 Å². The van der Waals surface area contributed by atoms with Gasteiger partial charge in [-0.1, -0.05) is 30.3 Å². The molecule has 2 rings (SSSR count). The number of aliphatic hydroxyl groups is 1. The van der Waals surface area contributed by atoms with Crippen LogP contribution < -0.4 is 0 Å². The van der Waals surface area contributed by atoms with Crippen molar-refractivity contribution in [2.45, 2.75) is 31.0 Å². The third-order valence-electron chi connectivity index (χ3n) is 2.85. The number of halogens is 3. The van der Waals surface area contributed by atoms with E-state index in [1.807, 2.05) is 6.07 Å². The van der Waals surface area contributed by atoms with E-state index in [1.165, 1.54) is 0 Å². The van der Waals surface area contributed by atoms with E-state index in [-0.39, 0.29) is 12.8 Å². The van der Waals surface area contributed by atoms with Crippen molar-refractivity contribution >= 4 is 0 Å². The summed E-state index contributed by atoms with van der Waals surface area (Å²) in [6.45, 7) is 0. The maximum absolute atomic E-state index is 12.1. The molecule has 1 aliphatic carbocycles.